The molecule has 0 unspecified atom stereocenters. The fraction of sp³-hybridized carbons (Fsp3) is 0.333. The van der Waals surface area contributed by atoms with Crippen molar-refractivity contribution in [3.05, 3.63) is 53.9 Å². The van der Waals surface area contributed by atoms with Gasteiger partial charge in [-0.15, -0.1) is 0 Å². The molecule has 2 heterocycles. The molecule has 1 N–H and O–H groups in total. The molecule has 23 heavy (non-hydrogen) atoms. The average Bonchev–Trinajstić information content (AvgIpc) is 2.86. The number of hydrogen-bond acceptors (Lipinski definition) is 4. The smallest absolute Gasteiger partial charge is 0.251 e. The summed E-state index contributed by atoms with van der Waals surface area (Å²) in [6.45, 7) is 4.93. The lowest BCUT2D eigenvalue weighted by Gasteiger charge is -2.18. The Morgan fingerprint density at radius 3 is 2.87 bits per heavy atom. The van der Waals surface area contributed by atoms with Gasteiger partial charge in [-0.2, -0.15) is 0 Å². The van der Waals surface area contributed by atoms with Crippen LogP contribution in [0.4, 0.5) is 0 Å². The highest BCUT2D eigenvalue weighted by Gasteiger charge is 2.32. The molecule has 0 fully saturated rings. The summed E-state index contributed by atoms with van der Waals surface area (Å²) in [5, 5.41) is 2.82. The largest absolute Gasteiger partial charge is 0.488 e. The first-order chi connectivity index (χ1) is 11.1. The minimum atomic E-state index is -0.197. The molecule has 1 aliphatic heterocycles. The maximum absolute atomic E-state index is 11.9. The molecule has 1 aliphatic rings. The Morgan fingerprint density at radius 2 is 2.09 bits per heavy atom. The summed E-state index contributed by atoms with van der Waals surface area (Å²) >= 11 is 0. The second kappa shape index (κ2) is 6.28. The molecular weight excluding hydrogens is 292 g/mol. The molecule has 0 saturated carbocycles. The van der Waals surface area contributed by atoms with Crippen molar-refractivity contribution in [3.63, 3.8) is 0 Å². The van der Waals surface area contributed by atoms with Gasteiger partial charge in [0.15, 0.2) is 11.5 Å². The number of nitrogens with one attached hydrogen (secondary N) is 1. The fourth-order valence-electron chi connectivity index (χ4n) is 2.63. The molecule has 120 valence electrons. The summed E-state index contributed by atoms with van der Waals surface area (Å²) in [5.74, 6) is 1.41. The second-order valence-corrected chi connectivity index (χ2v) is 6.12. The van der Waals surface area contributed by atoms with Crippen molar-refractivity contribution in [3.8, 4) is 11.5 Å². The van der Waals surface area contributed by atoms with Crippen molar-refractivity contribution in [2.45, 2.75) is 25.9 Å². The average molecular weight is 312 g/mol. The van der Waals surface area contributed by atoms with Gasteiger partial charge < -0.3 is 14.8 Å². The zero-order valence-corrected chi connectivity index (χ0v) is 13.3. The Hall–Kier alpha value is -2.56. The van der Waals surface area contributed by atoms with E-state index < -0.39 is 0 Å². The van der Waals surface area contributed by atoms with Crippen LogP contribution in [-0.4, -0.2) is 29.6 Å². The summed E-state index contributed by atoms with van der Waals surface area (Å²) in [4.78, 5) is 15.8. The maximum atomic E-state index is 11.9. The van der Waals surface area contributed by atoms with Crippen LogP contribution in [0.5, 0.6) is 11.5 Å². The Labute approximate surface area is 135 Å². The van der Waals surface area contributed by atoms with E-state index in [1.165, 1.54) is 0 Å². The second-order valence-electron chi connectivity index (χ2n) is 6.12. The van der Waals surface area contributed by atoms with Crippen molar-refractivity contribution < 1.29 is 14.3 Å². The van der Waals surface area contributed by atoms with E-state index in [0.29, 0.717) is 18.7 Å². The van der Waals surface area contributed by atoms with Gasteiger partial charge in [0.05, 0.1) is 6.54 Å². The summed E-state index contributed by atoms with van der Waals surface area (Å²) < 4.78 is 11.7. The van der Waals surface area contributed by atoms with Crippen LogP contribution in [0.15, 0.2) is 42.7 Å². The van der Waals surface area contributed by atoms with E-state index >= 15 is 0 Å². The van der Waals surface area contributed by atoms with Crippen molar-refractivity contribution in [1.82, 2.24) is 10.3 Å². The van der Waals surface area contributed by atoms with Gasteiger partial charge in [0.1, 0.15) is 12.2 Å². The van der Waals surface area contributed by atoms with Gasteiger partial charge >= 0.3 is 0 Å². The molecule has 0 spiro atoms. The van der Waals surface area contributed by atoms with E-state index in [4.69, 9.17) is 9.47 Å². The first kappa shape index (κ1) is 15.3. The van der Waals surface area contributed by atoms with E-state index in [0.717, 1.165) is 23.5 Å². The van der Waals surface area contributed by atoms with Crippen LogP contribution in [0.3, 0.4) is 0 Å². The number of ether oxygens (including phenoxy) is 2. The highest BCUT2D eigenvalue weighted by molar-refractivity contribution is 5.93. The third-order valence-electron chi connectivity index (χ3n) is 3.64. The predicted molar refractivity (Wildman–Crippen MR) is 86.9 cm³/mol. The molecular formula is C18H20N2O3. The number of carbonyl (C=O) groups excluding carboxylic acids is 1. The lowest BCUT2D eigenvalue weighted by atomic mass is 10.0. The van der Waals surface area contributed by atoms with Crippen LogP contribution >= 0.6 is 0 Å². The van der Waals surface area contributed by atoms with Gasteiger partial charge in [0.2, 0.25) is 0 Å². The van der Waals surface area contributed by atoms with Crippen LogP contribution in [0.2, 0.25) is 0 Å². The number of pyridine rings is 1. The number of aromatic nitrogens is 1. The SMILES string of the molecule is CC1(C)Cc2cccc(OCCNC(=O)c3ccncc3)c2O1. The molecule has 3 rings (SSSR count). The number of nitrogens with zero attached hydrogens (tertiary/aromatic N) is 1. The summed E-state index contributed by atoms with van der Waals surface area (Å²) in [5.41, 5.74) is 1.55. The number of carbonyl (C=O) groups is 1. The molecule has 0 saturated heterocycles. The molecule has 1 amide bonds. The standard InChI is InChI=1S/C18H20N2O3/c1-18(2)12-14-4-3-5-15(16(14)23-18)22-11-10-20-17(21)13-6-8-19-9-7-13/h3-9H,10-12H2,1-2H3,(H,20,21). The molecule has 0 aliphatic carbocycles. The van der Waals surface area contributed by atoms with E-state index in [1.807, 2.05) is 12.1 Å². The minimum absolute atomic E-state index is 0.133. The van der Waals surface area contributed by atoms with Crippen molar-refractivity contribution >= 4 is 5.91 Å². The summed E-state index contributed by atoms with van der Waals surface area (Å²) in [7, 11) is 0. The van der Waals surface area contributed by atoms with E-state index in [-0.39, 0.29) is 11.5 Å². The van der Waals surface area contributed by atoms with E-state index in [2.05, 4.69) is 30.2 Å². The Morgan fingerprint density at radius 1 is 1.30 bits per heavy atom. The number of hydrogen-bond donors (Lipinski definition) is 1. The highest BCUT2D eigenvalue weighted by Crippen LogP contribution is 2.41. The normalized spacial score (nSPS) is 14.7. The molecule has 1 aromatic heterocycles. The van der Waals surface area contributed by atoms with Crippen LogP contribution in [0.25, 0.3) is 0 Å². The Bertz CT molecular complexity index is 699. The van der Waals surface area contributed by atoms with Gasteiger partial charge in [-0.05, 0) is 32.0 Å². The van der Waals surface area contributed by atoms with E-state index in [9.17, 15) is 4.79 Å². The number of amides is 1. The lowest BCUT2D eigenvalue weighted by molar-refractivity contribution is 0.0946. The molecule has 5 heteroatoms. The van der Waals surface area contributed by atoms with Gasteiger partial charge in [-0.25, -0.2) is 0 Å². The summed E-state index contributed by atoms with van der Waals surface area (Å²) in [6, 6.07) is 9.27. The van der Waals surface area contributed by atoms with Crippen molar-refractivity contribution in [2.75, 3.05) is 13.2 Å². The molecule has 5 nitrogen and oxygen atoms in total. The Kier molecular flexibility index (Phi) is 4.19. The number of para-hydroxylation sites is 1. The molecule has 0 bridgehead atoms. The first-order valence-electron chi connectivity index (χ1n) is 7.67. The van der Waals surface area contributed by atoms with Crippen LogP contribution in [-0.2, 0) is 6.42 Å². The predicted octanol–water partition coefficient (Wildman–Crippen LogP) is 2.60. The van der Waals surface area contributed by atoms with E-state index in [1.54, 1.807) is 24.5 Å². The Balaban J connectivity index is 1.53. The van der Waals surface area contributed by atoms with Gasteiger partial charge in [0.25, 0.3) is 5.91 Å². The third-order valence-corrected chi connectivity index (χ3v) is 3.64. The van der Waals surface area contributed by atoms with Crippen LogP contribution < -0.4 is 14.8 Å². The van der Waals surface area contributed by atoms with Crippen LogP contribution in [0.1, 0.15) is 29.8 Å². The molecule has 2 aromatic rings. The van der Waals surface area contributed by atoms with Crippen molar-refractivity contribution in [1.29, 1.82) is 0 Å². The topological polar surface area (TPSA) is 60.5 Å². The van der Waals surface area contributed by atoms with Crippen LogP contribution in [0, 0.1) is 0 Å². The molecule has 0 atom stereocenters. The quantitative estimate of drug-likeness (QED) is 0.862. The van der Waals surface area contributed by atoms with Gasteiger partial charge in [-0.1, -0.05) is 12.1 Å². The van der Waals surface area contributed by atoms with Gasteiger partial charge in [-0.3, -0.25) is 9.78 Å². The third kappa shape index (κ3) is 3.62. The highest BCUT2D eigenvalue weighted by atomic mass is 16.5. The number of benzene rings is 1. The zero-order chi connectivity index (χ0) is 16.3. The molecule has 0 radical (unpaired) electrons. The molecule has 1 aromatic carbocycles. The monoisotopic (exact) mass is 312 g/mol. The first-order valence-corrected chi connectivity index (χ1v) is 7.67. The lowest BCUT2D eigenvalue weighted by Crippen LogP contribution is -2.28. The fourth-order valence-corrected chi connectivity index (χ4v) is 2.63. The summed E-state index contributed by atoms with van der Waals surface area (Å²) in [6.07, 6.45) is 4.06. The number of rotatable bonds is 5. The zero-order valence-electron chi connectivity index (χ0n) is 13.3. The maximum Gasteiger partial charge on any atom is 0.251 e. The minimum Gasteiger partial charge on any atom is -0.488 e. The van der Waals surface area contributed by atoms with Gasteiger partial charge in [0, 0.05) is 29.9 Å². The van der Waals surface area contributed by atoms with Crippen molar-refractivity contribution in [2.24, 2.45) is 0 Å². The number of fused-ring (bicyclic) bond motifs is 1.